The van der Waals surface area contributed by atoms with Crippen LogP contribution in [0.2, 0.25) is 31.2 Å². The molecule has 0 aromatic carbocycles. The van der Waals surface area contributed by atoms with E-state index >= 15 is 0 Å². The monoisotopic (exact) mass is 494 g/mol. The molecule has 33 heavy (non-hydrogen) atoms. The quantitative estimate of drug-likeness (QED) is 0.165. The van der Waals surface area contributed by atoms with E-state index in [0.29, 0.717) is 17.9 Å². The van der Waals surface area contributed by atoms with Crippen molar-refractivity contribution in [2.24, 2.45) is 17.3 Å². The average Bonchev–Trinajstić information content (AvgIpc) is 2.88. The minimum absolute atomic E-state index is 0.0242. The molecule has 192 valence electrons. The fraction of sp³-hybridized carbons (Fsp3) is 0.821. The molecule has 0 aromatic rings. The van der Waals surface area contributed by atoms with E-state index in [1.165, 1.54) is 19.3 Å². The van der Waals surface area contributed by atoms with Crippen molar-refractivity contribution in [1.82, 2.24) is 0 Å². The van der Waals surface area contributed by atoms with Crippen molar-refractivity contribution in [3.63, 3.8) is 0 Å². The van der Waals surface area contributed by atoms with E-state index in [1.54, 1.807) is 0 Å². The molecule has 0 radical (unpaired) electrons. The van der Waals surface area contributed by atoms with Crippen molar-refractivity contribution in [1.29, 1.82) is 0 Å². The molecular formula is C28H54O3Si2. The van der Waals surface area contributed by atoms with Gasteiger partial charge in [-0.3, -0.25) is 4.79 Å². The van der Waals surface area contributed by atoms with Crippen LogP contribution in [0.25, 0.3) is 0 Å². The van der Waals surface area contributed by atoms with E-state index in [2.05, 4.69) is 100 Å². The highest BCUT2D eigenvalue weighted by Crippen LogP contribution is 2.50. The number of carbonyl (C=O) groups excluding carboxylic acids is 1. The maximum absolute atomic E-state index is 12.9. The molecule has 3 unspecified atom stereocenters. The Morgan fingerprint density at radius 3 is 2.24 bits per heavy atom. The molecule has 1 saturated carbocycles. The second kappa shape index (κ2) is 11.5. The second-order valence-corrected chi connectivity index (χ2v) is 20.3. The lowest BCUT2D eigenvalue weighted by atomic mass is 9.71. The maximum Gasteiger partial charge on any atom is 0.192 e. The van der Waals surface area contributed by atoms with Crippen molar-refractivity contribution in [3.8, 4) is 0 Å². The number of hydrogen-bond acceptors (Lipinski definition) is 3. The summed E-state index contributed by atoms with van der Waals surface area (Å²) >= 11 is 0. The molecule has 0 bridgehead atoms. The van der Waals surface area contributed by atoms with Gasteiger partial charge in [0, 0.05) is 17.9 Å². The number of Topliss-reactive ketones (excluding diaryl/α,β-unsaturated/α-hetero) is 1. The van der Waals surface area contributed by atoms with E-state index < -0.39 is 23.0 Å². The number of unbranched alkanes of at least 4 members (excludes halogenated alkanes) is 1. The van der Waals surface area contributed by atoms with Crippen LogP contribution in [-0.2, 0) is 13.6 Å². The summed E-state index contributed by atoms with van der Waals surface area (Å²) in [4.78, 5) is 12.9. The summed E-state index contributed by atoms with van der Waals surface area (Å²) in [7, 11) is -3.40. The molecule has 0 amide bonds. The molecular weight excluding hydrogens is 440 g/mol. The third-order valence-electron chi connectivity index (χ3n) is 7.69. The first-order valence-corrected chi connectivity index (χ1v) is 18.8. The van der Waals surface area contributed by atoms with Crippen molar-refractivity contribution < 1.29 is 13.6 Å². The van der Waals surface area contributed by atoms with E-state index in [-0.39, 0.29) is 28.3 Å². The fourth-order valence-electron chi connectivity index (χ4n) is 4.68. The van der Waals surface area contributed by atoms with Gasteiger partial charge in [-0.2, -0.15) is 0 Å². The number of carbonyl (C=O) groups is 1. The first-order chi connectivity index (χ1) is 14.9. The van der Waals surface area contributed by atoms with Crippen LogP contribution in [-0.4, -0.2) is 34.8 Å². The molecule has 0 N–H and O–H groups in total. The van der Waals surface area contributed by atoms with Crippen LogP contribution >= 0.6 is 0 Å². The Labute approximate surface area is 208 Å². The Hall–Kier alpha value is -0.496. The first-order valence-electron chi connectivity index (χ1n) is 13.1. The second-order valence-electron chi connectivity index (χ2n) is 13.2. The lowest BCUT2D eigenvalue weighted by Gasteiger charge is -2.43. The summed E-state index contributed by atoms with van der Waals surface area (Å²) in [5.41, 5.74) is -0.144. The van der Waals surface area contributed by atoms with Gasteiger partial charge < -0.3 is 8.85 Å². The first kappa shape index (κ1) is 30.5. The third kappa shape index (κ3) is 8.01. The van der Waals surface area contributed by atoms with E-state index in [9.17, 15) is 4.79 Å². The zero-order chi connectivity index (χ0) is 25.8. The molecule has 0 heterocycles. The van der Waals surface area contributed by atoms with Gasteiger partial charge >= 0.3 is 0 Å². The summed E-state index contributed by atoms with van der Waals surface area (Å²) in [5, 5.41) is 0.144. The SMILES string of the molecule is C=C1C(=O)CC(C(C)(C)C)C1(C=C[C@H](CC(C)CCCC)O[Si](C)(C)C(C)(C)C)O[SiH](C)C. The molecule has 0 saturated heterocycles. The zero-order valence-corrected chi connectivity index (χ0v) is 26.1. The van der Waals surface area contributed by atoms with E-state index in [0.717, 1.165) is 6.42 Å². The highest BCUT2D eigenvalue weighted by atomic mass is 28.4. The third-order valence-corrected chi connectivity index (χ3v) is 13.1. The lowest BCUT2D eigenvalue weighted by Crippen LogP contribution is -2.46. The van der Waals surface area contributed by atoms with Crippen LogP contribution in [0, 0.1) is 17.3 Å². The summed E-state index contributed by atoms with van der Waals surface area (Å²) in [6, 6.07) is 0. The number of ketones is 1. The molecule has 0 spiro atoms. The Kier molecular flexibility index (Phi) is 10.6. The molecule has 0 aliphatic heterocycles. The van der Waals surface area contributed by atoms with Gasteiger partial charge in [-0.25, -0.2) is 0 Å². The average molecular weight is 495 g/mol. The molecule has 5 heteroatoms. The minimum Gasteiger partial charge on any atom is -0.411 e. The largest absolute Gasteiger partial charge is 0.411 e. The molecule has 1 aliphatic carbocycles. The smallest absolute Gasteiger partial charge is 0.192 e. The molecule has 1 aliphatic rings. The lowest BCUT2D eigenvalue weighted by molar-refractivity contribution is -0.115. The molecule has 0 aromatic heterocycles. The highest BCUT2D eigenvalue weighted by Gasteiger charge is 2.54. The van der Waals surface area contributed by atoms with Crippen LogP contribution in [0.4, 0.5) is 0 Å². The minimum atomic E-state index is -1.96. The van der Waals surface area contributed by atoms with Gasteiger partial charge in [-0.15, -0.1) is 0 Å². The van der Waals surface area contributed by atoms with Gasteiger partial charge in [-0.05, 0) is 49.0 Å². The molecule has 3 nitrogen and oxygen atoms in total. The van der Waals surface area contributed by atoms with Gasteiger partial charge in [0.2, 0.25) is 0 Å². The Morgan fingerprint density at radius 2 is 1.79 bits per heavy atom. The van der Waals surface area contributed by atoms with Crippen molar-refractivity contribution in [2.75, 3.05) is 0 Å². The Morgan fingerprint density at radius 1 is 1.21 bits per heavy atom. The van der Waals surface area contributed by atoms with Gasteiger partial charge in [-0.1, -0.05) is 93.4 Å². The zero-order valence-electron chi connectivity index (χ0n) is 23.9. The van der Waals surface area contributed by atoms with Gasteiger partial charge in [0.1, 0.15) is 5.60 Å². The van der Waals surface area contributed by atoms with Crippen LogP contribution in [0.5, 0.6) is 0 Å². The van der Waals surface area contributed by atoms with Crippen molar-refractivity contribution in [2.45, 2.75) is 130 Å². The van der Waals surface area contributed by atoms with Gasteiger partial charge in [0.15, 0.2) is 23.1 Å². The topological polar surface area (TPSA) is 35.5 Å². The van der Waals surface area contributed by atoms with Crippen molar-refractivity contribution in [3.05, 3.63) is 24.3 Å². The molecule has 1 fully saturated rings. The highest BCUT2D eigenvalue weighted by molar-refractivity contribution is 6.74. The predicted molar refractivity (Wildman–Crippen MR) is 149 cm³/mol. The fourth-order valence-corrected chi connectivity index (χ4v) is 7.13. The van der Waals surface area contributed by atoms with Crippen molar-refractivity contribution >= 4 is 23.1 Å². The maximum atomic E-state index is 12.9. The molecule has 4 atom stereocenters. The van der Waals surface area contributed by atoms with Gasteiger partial charge in [0.25, 0.3) is 0 Å². The van der Waals surface area contributed by atoms with Crippen LogP contribution in [0.3, 0.4) is 0 Å². The molecule has 1 rings (SSSR count). The Balaban J connectivity index is 3.43. The summed E-state index contributed by atoms with van der Waals surface area (Å²) in [5.74, 6) is 0.821. The summed E-state index contributed by atoms with van der Waals surface area (Å²) < 4.78 is 13.7. The van der Waals surface area contributed by atoms with Crippen LogP contribution in [0.15, 0.2) is 24.3 Å². The number of rotatable bonds is 11. The summed E-state index contributed by atoms with van der Waals surface area (Å²) in [6.45, 7) is 31.4. The van der Waals surface area contributed by atoms with Crippen LogP contribution in [0.1, 0.15) is 87.5 Å². The van der Waals surface area contributed by atoms with E-state index in [4.69, 9.17) is 8.85 Å². The number of hydrogen-bond donors (Lipinski definition) is 0. The van der Waals surface area contributed by atoms with Crippen LogP contribution < -0.4 is 0 Å². The normalized spacial score (nSPS) is 24.8. The Bertz CT molecular complexity index is 697. The predicted octanol–water partition coefficient (Wildman–Crippen LogP) is 8.08. The summed E-state index contributed by atoms with van der Waals surface area (Å²) in [6.07, 6.45) is 9.65. The standard InChI is InChI=1S/C28H54O3Si2/c1-14-15-16-21(2)19-23(30-33(12,13)27(7,8)9)17-18-28(31-32(10)11)22(3)24(29)20-25(28)26(4,5)6/h17-18,21,23,25,32H,3,14-16,19-20H2,1-2,4-13H3/t21?,23-,25?,28?/m1/s1. The van der Waals surface area contributed by atoms with E-state index in [1.807, 2.05) is 0 Å². The van der Waals surface area contributed by atoms with Gasteiger partial charge in [0.05, 0.1) is 6.10 Å².